The number of rotatable bonds is 9. The predicted octanol–water partition coefficient (Wildman–Crippen LogP) is 3.47. The van der Waals surface area contributed by atoms with E-state index in [0.29, 0.717) is 18.9 Å². The highest BCUT2D eigenvalue weighted by Crippen LogP contribution is 2.20. The molecule has 1 fully saturated rings. The lowest BCUT2D eigenvalue weighted by Crippen LogP contribution is -2.48. The first-order chi connectivity index (χ1) is 13.3. The Labute approximate surface area is 161 Å². The molecule has 3 rings (SSSR count). The van der Waals surface area contributed by atoms with Crippen LogP contribution in [0.3, 0.4) is 0 Å². The van der Waals surface area contributed by atoms with E-state index in [1.165, 1.54) is 12.0 Å². The van der Waals surface area contributed by atoms with E-state index in [-0.39, 0.29) is 11.9 Å². The van der Waals surface area contributed by atoms with E-state index < -0.39 is 0 Å². The number of ether oxygens (including phenoxy) is 1. The normalized spacial score (nSPS) is 15.7. The molecule has 1 amide bonds. The summed E-state index contributed by atoms with van der Waals surface area (Å²) >= 11 is 0. The monoisotopic (exact) mass is 370 g/mol. The van der Waals surface area contributed by atoms with Gasteiger partial charge in [0.05, 0.1) is 12.9 Å². The van der Waals surface area contributed by atoms with Crippen molar-refractivity contribution in [2.45, 2.75) is 31.7 Å². The average Bonchev–Trinajstić information content (AvgIpc) is 3.25. The van der Waals surface area contributed by atoms with Gasteiger partial charge in [0.25, 0.3) is 5.91 Å². The summed E-state index contributed by atoms with van der Waals surface area (Å²) in [6.07, 6.45) is 5.85. The van der Waals surface area contributed by atoms with Gasteiger partial charge in [0.15, 0.2) is 5.76 Å². The van der Waals surface area contributed by atoms with Crippen molar-refractivity contribution >= 4 is 5.91 Å². The van der Waals surface area contributed by atoms with Crippen LogP contribution in [0.5, 0.6) is 0 Å². The lowest BCUT2D eigenvalue weighted by Gasteiger charge is -2.38. The molecule has 0 bridgehead atoms. The zero-order valence-electron chi connectivity index (χ0n) is 16.2. The summed E-state index contributed by atoms with van der Waals surface area (Å²) in [6.45, 7) is 4.34. The second-order valence-electron chi connectivity index (χ2n) is 7.13. The van der Waals surface area contributed by atoms with Gasteiger partial charge < -0.3 is 19.0 Å². The molecule has 0 spiro atoms. The number of furan rings is 1. The average molecular weight is 370 g/mol. The SMILES string of the molecule is COCCN(C(=O)c1ccco1)C1CCN(CCCc2ccccc2)CC1. The summed E-state index contributed by atoms with van der Waals surface area (Å²) in [5.74, 6) is 0.385. The van der Waals surface area contributed by atoms with Crippen LogP contribution >= 0.6 is 0 Å². The van der Waals surface area contributed by atoms with Crippen LogP contribution in [0.1, 0.15) is 35.4 Å². The first-order valence-electron chi connectivity index (χ1n) is 9.87. The second-order valence-corrected chi connectivity index (χ2v) is 7.13. The number of piperidine rings is 1. The predicted molar refractivity (Wildman–Crippen MR) is 106 cm³/mol. The molecule has 1 aromatic heterocycles. The molecule has 146 valence electrons. The Bertz CT molecular complexity index is 664. The zero-order chi connectivity index (χ0) is 18.9. The van der Waals surface area contributed by atoms with Crippen LogP contribution in [0.25, 0.3) is 0 Å². The molecule has 0 aliphatic carbocycles. The molecule has 0 N–H and O–H groups in total. The van der Waals surface area contributed by atoms with Crippen LogP contribution in [0.4, 0.5) is 0 Å². The molecule has 0 radical (unpaired) electrons. The van der Waals surface area contributed by atoms with E-state index in [4.69, 9.17) is 9.15 Å². The zero-order valence-corrected chi connectivity index (χ0v) is 16.2. The first-order valence-corrected chi connectivity index (χ1v) is 9.87. The van der Waals surface area contributed by atoms with Gasteiger partial charge in [0.1, 0.15) is 0 Å². The van der Waals surface area contributed by atoms with Gasteiger partial charge in [-0.25, -0.2) is 0 Å². The maximum absolute atomic E-state index is 12.8. The molecule has 27 heavy (non-hydrogen) atoms. The van der Waals surface area contributed by atoms with Gasteiger partial charge in [0, 0.05) is 32.8 Å². The van der Waals surface area contributed by atoms with Crippen LogP contribution in [-0.4, -0.2) is 61.6 Å². The minimum absolute atomic E-state index is 0.0282. The third-order valence-electron chi connectivity index (χ3n) is 5.31. The molecule has 1 aromatic carbocycles. The quantitative estimate of drug-likeness (QED) is 0.678. The summed E-state index contributed by atoms with van der Waals surface area (Å²) < 4.78 is 10.5. The molecule has 1 aliphatic heterocycles. The molecular formula is C22H30N2O3. The van der Waals surface area contributed by atoms with Crippen LogP contribution in [0.2, 0.25) is 0 Å². The maximum Gasteiger partial charge on any atom is 0.289 e. The fourth-order valence-electron chi connectivity index (χ4n) is 3.79. The van der Waals surface area contributed by atoms with Crippen molar-refractivity contribution in [1.82, 2.24) is 9.80 Å². The standard InChI is InChI=1S/C22H30N2O3/c1-26-18-16-24(22(25)21-10-6-17-27-21)20-11-14-23(15-12-20)13-5-9-19-7-3-2-4-8-19/h2-4,6-8,10,17,20H,5,9,11-16,18H2,1H3. The molecule has 0 saturated carbocycles. The number of hydrogen-bond acceptors (Lipinski definition) is 4. The molecule has 1 saturated heterocycles. The molecule has 1 aliphatic rings. The van der Waals surface area contributed by atoms with Gasteiger partial charge in [-0.3, -0.25) is 4.79 Å². The van der Waals surface area contributed by atoms with E-state index in [0.717, 1.165) is 38.9 Å². The molecular weight excluding hydrogens is 340 g/mol. The highest BCUT2D eigenvalue weighted by Gasteiger charge is 2.29. The topological polar surface area (TPSA) is 45.9 Å². The van der Waals surface area contributed by atoms with E-state index in [1.807, 2.05) is 4.90 Å². The summed E-state index contributed by atoms with van der Waals surface area (Å²) in [6, 6.07) is 14.4. The van der Waals surface area contributed by atoms with Crippen LogP contribution in [0.15, 0.2) is 53.1 Å². The summed E-state index contributed by atoms with van der Waals surface area (Å²) in [4.78, 5) is 17.2. The van der Waals surface area contributed by atoms with Gasteiger partial charge >= 0.3 is 0 Å². The Kier molecular flexibility index (Phi) is 7.48. The molecule has 2 heterocycles. The smallest absolute Gasteiger partial charge is 0.289 e. The number of carbonyl (C=O) groups excluding carboxylic acids is 1. The largest absolute Gasteiger partial charge is 0.459 e. The van der Waals surface area contributed by atoms with Crippen LogP contribution in [0, 0.1) is 0 Å². The Morgan fingerprint density at radius 2 is 1.96 bits per heavy atom. The van der Waals surface area contributed by atoms with Crippen molar-refractivity contribution in [3.8, 4) is 0 Å². The maximum atomic E-state index is 12.8. The minimum atomic E-state index is -0.0282. The third kappa shape index (κ3) is 5.68. The Morgan fingerprint density at radius 3 is 2.63 bits per heavy atom. The van der Waals surface area contributed by atoms with E-state index in [9.17, 15) is 4.79 Å². The molecule has 5 nitrogen and oxygen atoms in total. The van der Waals surface area contributed by atoms with Crippen molar-refractivity contribution in [2.75, 3.05) is 39.9 Å². The van der Waals surface area contributed by atoms with E-state index in [1.54, 1.807) is 25.5 Å². The number of aryl methyl sites for hydroxylation is 1. The number of hydrogen-bond donors (Lipinski definition) is 0. The number of nitrogens with zero attached hydrogens (tertiary/aromatic N) is 2. The Morgan fingerprint density at radius 1 is 1.19 bits per heavy atom. The van der Waals surface area contributed by atoms with Crippen LogP contribution < -0.4 is 0 Å². The van der Waals surface area contributed by atoms with Gasteiger partial charge in [-0.1, -0.05) is 30.3 Å². The van der Waals surface area contributed by atoms with Crippen molar-refractivity contribution in [2.24, 2.45) is 0 Å². The summed E-state index contributed by atoms with van der Waals surface area (Å²) in [5.41, 5.74) is 1.40. The van der Waals surface area contributed by atoms with E-state index in [2.05, 4.69) is 35.2 Å². The number of benzene rings is 1. The van der Waals surface area contributed by atoms with Gasteiger partial charge in [-0.05, 0) is 49.9 Å². The van der Waals surface area contributed by atoms with E-state index >= 15 is 0 Å². The van der Waals surface area contributed by atoms with Crippen molar-refractivity contribution in [3.05, 3.63) is 60.1 Å². The minimum Gasteiger partial charge on any atom is -0.459 e. The number of likely N-dealkylation sites (tertiary alicyclic amines) is 1. The lowest BCUT2D eigenvalue weighted by atomic mass is 10.0. The highest BCUT2D eigenvalue weighted by molar-refractivity contribution is 5.91. The highest BCUT2D eigenvalue weighted by atomic mass is 16.5. The number of carbonyl (C=O) groups is 1. The molecule has 5 heteroatoms. The number of methoxy groups -OCH3 is 1. The van der Waals surface area contributed by atoms with Crippen LogP contribution in [-0.2, 0) is 11.2 Å². The molecule has 2 aromatic rings. The molecule has 0 unspecified atom stereocenters. The number of amides is 1. The van der Waals surface area contributed by atoms with Crippen molar-refractivity contribution < 1.29 is 13.9 Å². The Hall–Kier alpha value is -2.11. The fraction of sp³-hybridized carbons (Fsp3) is 0.500. The Balaban J connectivity index is 1.47. The fourth-order valence-corrected chi connectivity index (χ4v) is 3.79. The van der Waals surface area contributed by atoms with Crippen molar-refractivity contribution in [3.63, 3.8) is 0 Å². The summed E-state index contributed by atoms with van der Waals surface area (Å²) in [7, 11) is 1.67. The summed E-state index contributed by atoms with van der Waals surface area (Å²) in [5, 5.41) is 0. The first kappa shape index (κ1) is 19.6. The second kappa shape index (κ2) is 10.3. The molecule has 0 atom stereocenters. The van der Waals surface area contributed by atoms with Gasteiger partial charge in [0.2, 0.25) is 0 Å². The van der Waals surface area contributed by atoms with Crippen molar-refractivity contribution in [1.29, 1.82) is 0 Å². The lowest BCUT2D eigenvalue weighted by molar-refractivity contribution is 0.0456. The third-order valence-corrected chi connectivity index (χ3v) is 5.31. The van der Waals surface area contributed by atoms with Gasteiger partial charge in [-0.2, -0.15) is 0 Å². The van der Waals surface area contributed by atoms with Gasteiger partial charge in [-0.15, -0.1) is 0 Å².